The van der Waals surface area contributed by atoms with Crippen LogP contribution in [0.1, 0.15) is 20.3 Å². The first-order chi connectivity index (χ1) is 8.15. The second-order valence-corrected chi connectivity index (χ2v) is 4.74. The average molecular weight is 242 g/mol. The summed E-state index contributed by atoms with van der Waals surface area (Å²) in [5.41, 5.74) is 0. The molecule has 2 atom stereocenters. The molecule has 5 heteroatoms. The van der Waals surface area contributed by atoms with Crippen LogP contribution < -0.4 is 16.0 Å². The van der Waals surface area contributed by atoms with Gasteiger partial charge in [0.25, 0.3) is 0 Å². The minimum absolute atomic E-state index is 0.0716. The molecule has 1 aliphatic heterocycles. The van der Waals surface area contributed by atoms with Gasteiger partial charge in [0.05, 0.1) is 6.04 Å². The maximum absolute atomic E-state index is 11.8. The predicted molar refractivity (Wildman–Crippen MR) is 70.1 cm³/mol. The number of nitrogens with one attached hydrogen (secondary N) is 3. The van der Waals surface area contributed by atoms with Gasteiger partial charge < -0.3 is 20.9 Å². The lowest BCUT2D eigenvalue weighted by Gasteiger charge is -2.26. The van der Waals surface area contributed by atoms with Crippen molar-refractivity contribution in [2.24, 2.45) is 0 Å². The standard InChI is InChI=1S/C12H26N4O/c1-4-10(2)16(3)8-7-15-12(17)11-9-13-5-6-14-11/h10-11,13-14H,4-9H2,1-3H3,(H,15,17). The van der Waals surface area contributed by atoms with Crippen molar-refractivity contribution >= 4 is 5.91 Å². The number of piperazine rings is 1. The Labute approximate surface area is 104 Å². The Hall–Kier alpha value is -0.650. The predicted octanol–water partition coefficient (Wildman–Crippen LogP) is -0.606. The van der Waals surface area contributed by atoms with Crippen LogP contribution in [0.3, 0.4) is 0 Å². The van der Waals surface area contributed by atoms with Crippen molar-refractivity contribution in [1.29, 1.82) is 0 Å². The molecule has 1 amide bonds. The number of carbonyl (C=O) groups excluding carboxylic acids is 1. The van der Waals surface area contributed by atoms with Crippen molar-refractivity contribution in [2.75, 3.05) is 39.8 Å². The van der Waals surface area contributed by atoms with E-state index in [4.69, 9.17) is 0 Å². The van der Waals surface area contributed by atoms with Gasteiger partial charge in [0.15, 0.2) is 0 Å². The molecule has 1 heterocycles. The molecule has 0 radical (unpaired) electrons. The molecule has 5 nitrogen and oxygen atoms in total. The maximum atomic E-state index is 11.8. The summed E-state index contributed by atoms with van der Waals surface area (Å²) in [5.74, 6) is 0.106. The molecule has 0 aromatic heterocycles. The van der Waals surface area contributed by atoms with E-state index in [1.807, 2.05) is 0 Å². The Bertz CT molecular complexity index is 229. The third kappa shape index (κ3) is 5.02. The van der Waals surface area contributed by atoms with Crippen LogP contribution in [0, 0.1) is 0 Å². The van der Waals surface area contributed by atoms with Crippen LogP contribution in [-0.2, 0) is 4.79 Å². The molecule has 1 rings (SSSR count). The lowest BCUT2D eigenvalue weighted by molar-refractivity contribution is -0.123. The van der Waals surface area contributed by atoms with Crippen LogP contribution in [0.5, 0.6) is 0 Å². The van der Waals surface area contributed by atoms with E-state index in [-0.39, 0.29) is 11.9 Å². The van der Waals surface area contributed by atoms with E-state index in [0.717, 1.165) is 39.1 Å². The molecular formula is C12H26N4O. The fraction of sp³-hybridized carbons (Fsp3) is 0.917. The zero-order valence-electron chi connectivity index (χ0n) is 11.3. The second kappa shape index (κ2) is 7.63. The molecule has 3 N–H and O–H groups in total. The molecule has 1 aliphatic rings. The van der Waals surface area contributed by atoms with Crippen molar-refractivity contribution in [1.82, 2.24) is 20.9 Å². The van der Waals surface area contributed by atoms with Crippen LogP contribution in [-0.4, -0.2) is 62.7 Å². The number of hydrogen-bond donors (Lipinski definition) is 3. The molecule has 100 valence electrons. The number of carbonyl (C=O) groups is 1. The van der Waals surface area contributed by atoms with E-state index in [9.17, 15) is 4.79 Å². The van der Waals surface area contributed by atoms with E-state index in [1.165, 1.54) is 0 Å². The highest BCUT2D eigenvalue weighted by Crippen LogP contribution is 1.98. The van der Waals surface area contributed by atoms with Crippen LogP contribution in [0.2, 0.25) is 0 Å². The highest BCUT2D eigenvalue weighted by atomic mass is 16.2. The molecule has 0 aromatic carbocycles. The zero-order chi connectivity index (χ0) is 12.7. The van der Waals surface area contributed by atoms with E-state index in [0.29, 0.717) is 6.04 Å². The molecule has 0 aliphatic carbocycles. The number of amides is 1. The Balaban J connectivity index is 2.15. The molecule has 0 bridgehead atoms. The minimum atomic E-state index is -0.0716. The van der Waals surface area contributed by atoms with Crippen molar-refractivity contribution in [2.45, 2.75) is 32.4 Å². The van der Waals surface area contributed by atoms with Crippen LogP contribution in [0.4, 0.5) is 0 Å². The third-order valence-electron chi connectivity index (χ3n) is 3.46. The first kappa shape index (κ1) is 14.4. The quantitative estimate of drug-likeness (QED) is 0.582. The molecule has 1 fully saturated rings. The Morgan fingerprint density at radius 2 is 2.29 bits per heavy atom. The minimum Gasteiger partial charge on any atom is -0.353 e. The molecular weight excluding hydrogens is 216 g/mol. The lowest BCUT2D eigenvalue weighted by Crippen LogP contribution is -2.56. The highest BCUT2D eigenvalue weighted by molar-refractivity contribution is 5.82. The Kier molecular flexibility index (Phi) is 6.47. The van der Waals surface area contributed by atoms with Gasteiger partial charge in [-0.15, -0.1) is 0 Å². The summed E-state index contributed by atoms with van der Waals surface area (Å²) in [6.45, 7) is 8.54. The molecule has 2 unspecified atom stereocenters. The normalized spacial score (nSPS) is 22.5. The number of hydrogen-bond acceptors (Lipinski definition) is 4. The first-order valence-electron chi connectivity index (χ1n) is 6.57. The number of rotatable bonds is 6. The first-order valence-corrected chi connectivity index (χ1v) is 6.57. The van der Waals surface area contributed by atoms with Gasteiger partial charge in [-0.2, -0.15) is 0 Å². The summed E-state index contributed by atoms with van der Waals surface area (Å²) in [6, 6.07) is 0.499. The average Bonchev–Trinajstić information content (AvgIpc) is 2.38. The lowest BCUT2D eigenvalue weighted by atomic mass is 10.2. The fourth-order valence-corrected chi connectivity index (χ4v) is 1.85. The van der Waals surface area contributed by atoms with E-state index >= 15 is 0 Å². The Morgan fingerprint density at radius 3 is 2.88 bits per heavy atom. The summed E-state index contributed by atoms with van der Waals surface area (Å²) < 4.78 is 0. The smallest absolute Gasteiger partial charge is 0.238 e. The second-order valence-electron chi connectivity index (χ2n) is 4.74. The van der Waals surface area contributed by atoms with Crippen molar-refractivity contribution in [3.8, 4) is 0 Å². The monoisotopic (exact) mass is 242 g/mol. The highest BCUT2D eigenvalue weighted by Gasteiger charge is 2.19. The molecule has 0 aromatic rings. The van der Waals surface area contributed by atoms with Gasteiger partial charge in [0.1, 0.15) is 0 Å². The summed E-state index contributed by atoms with van der Waals surface area (Å²) >= 11 is 0. The van der Waals surface area contributed by atoms with Gasteiger partial charge in [-0.1, -0.05) is 6.92 Å². The largest absolute Gasteiger partial charge is 0.353 e. The summed E-state index contributed by atoms with van der Waals surface area (Å²) in [6.07, 6.45) is 1.14. The number of nitrogens with zero attached hydrogens (tertiary/aromatic N) is 1. The number of likely N-dealkylation sites (N-methyl/N-ethyl adjacent to an activating group) is 1. The molecule has 17 heavy (non-hydrogen) atoms. The zero-order valence-corrected chi connectivity index (χ0v) is 11.3. The Morgan fingerprint density at radius 1 is 1.53 bits per heavy atom. The van der Waals surface area contributed by atoms with E-state index < -0.39 is 0 Å². The summed E-state index contributed by atoms with van der Waals surface area (Å²) in [7, 11) is 2.10. The molecule has 1 saturated heterocycles. The van der Waals surface area contributed by atoms with Crippen LogP contribution >= 0.6 is 0 Å². The van der Waals surface area contributed by atoms with Gasteiger partial charge in [-0.05, 0) is 20.4 Å². The van der Waals surface area contributed by atoms with Crippen LogP contribution in [0.25, 0.3) is 0 Å². The molecule has 0 spiro atoms. The van der Waals surface area contributed by atoms with Gasteiger partial charge in [0.2, 0.25) is 5.91 Å². The van der Waals surface area contributed by atoms with Gasteiger partial charge >= 0.3 is 0 Å². The van der Waals surface area contributed by atoms with Crippen molar-refractivity contribution < 1.29 is 4.79 Å². The van der Waals surface area contributed by atoms with Crippen molar-refractivity contribution in [3.05, 3.63) is 0 Å². The molecule has 0 saturated carbocycles. The van der Waals surface area contributed by atoms with Crippen LogP contribution in [0.15, 0.2) is 0 Å². The van der Waals surface area contributed by atoms with Gasteiger partial charge in [-0.3, -0.25) is 4.79 Å². The third-order valence-corrected chi connectivity index (χ3v) is 3.46. The van der Waals surface area contributed by atoms with E-state index in [1.54, 1.807) is 0 Å². The van der Waals surface area contributed by atoms with Gasteiger partial charge in [0, 0.05) is 38.8 Å². The SMILES string of the molecule is CCC(C)N(C)CCNC(=O)C1CNCCN1. The van der Waals surface area contributed by atoms with Gasteiger partial charge in [-0.25, -0.2) is 0 Å². The van der Waals surface area contributed by atoms with Crippen molar-refractivity contribution in [3.63, 3.8) is 0 Å². The van der Waals surface area contributed by atoms with E-state index in [2.05, 4.69) is 41.7 Å². The maximum Gasteiger partial charge on any atom is 0.238 e. The topological polar surface area (TPSA) is 56.4 Å². The fourth-order valence-electron chi connectivity index (χ4n) is 1.85. The summed E-state index contributed by atoms with van der Waals surface area (Å²) in [4.78, 5) is 14.1. The summed E-state index contributed by atoms with van der Waals surface area (Å²) in [5, 5.41) is 9.39.